The van der Waals surface area contributed by atoms with Crippen LogP contribution in [0, 0.1) is 0 Å². The zero-order valence-corrected chi connectivity index (χ0v) is 11.3. The molecule has 6 heteroatoms. The minimum absolute atomic E-state index is 0.269. The number of nitrogens with two attached hydrogens (primary N) is 1. The van der Waals surface area contributed by atoms with Gasteiger partial charge in [-0.15, -0.1) is 0 Å². The fourth-order valence-electron chi connectivity index (χ4n) is 2.26. The summed E-state index contributed by atoms with van der Waals surface area (Å²) in [6.45, 7) is 2.12. The van der Waals surface area contributed by atoms with Crippen LogP contribution in [0.1, 0.15) is 5.56 Å². The Labute approximate surface area is 117 Å². The minimum atomic E-state index is 0.269. The highest BCUT2D eigenvalue weighted by Gasteiger charge is 2.17. The van der Waals surface area contributed by atoms with Gasteiger partial charge in [-0.1, -0.05) is 18.2 Å². The molecule has 1 aromatic carbocycles. The number of anilines is 3. The molecular weight excluding hydrogens is 254 g/mol. The Kier molecular flexibility index (Phi) is 3.28. The highest BCUT2D eigenvalue weighted by Crippen LogP contribution is 2.26. The summed E-state index contributed by atoms with van der Waals surface area (Å²) in [5.41, 5.74) is 6.90. The van der Waals surface area contributed by atoms with Gasteiger partial charge in [-0.25, -0.2) is 0 Å². The molecule has 3 rings (SSSR count). The van der Waals surface area contributed by atoms with Crippen LogP contribution in [0.15, 0.2) is 30.3 Å². The van der Waals surface area contributed by atoms with E-state index in [1.54, 1.807) is 0 Å². The molecule has 1 aromatic heterocycles. The topological polar surface area (TPSA) is 76.3 Å². The van der Waals surface area contributed by atoms with Crippen LogP contribution in [0.3, 0.4) is 0 Å². The number of aromatic nitrogens is 2. The van der Waals surface area contributed by atoms with E-state index in [-0.39, 0.29) is 5.95 Å². The van der Waals surface area contributed by atoms with Crippen molar-refractivity contribution in [3.8, 4) is 5.75 Å². The van der Waals surface area contributed by atoms with Crippen molar-refractivity contribution in [2.75, 3.05) is 36.1 Å². The largest absolute Gasteiger partial charge is 0.491 e. The predicted octanol–water partition coefficient (Wildman–Crippen LogP) is 1.50. The van der Waals surface area contributed by atoms with E-state index < -0.39 is 0 Å². The maximum atomic E-state index is 5.76. The summed E-state index contributed by atoms with van der Waals surface area (Å²) >= 11 is 0. The molecule has 0 amide bonds. The lowest BCUT2D eigenvalue weighted by molar-refractivity contribution is 0.331. The molecule has 0 aliphatic carbocycles. The monoisotopic (exact) mass is 271 g/mol. The van der Waals surface area contributed by atoms with Gasteiger partial charge in [0, 0.05) is 25.2 Å². The summed E-state index contributed by atoms with van der Waals surface area (Å²) in [4.78, 5) is 10.6. The smallest absolute Gasteiger partial charge is 0.223 e. The zero-order chi connectivity index (χ0) is 13.9. The molecule has 0 radical (unpaired) electrons. The average molecular weight is 271 g/mol. The Balaban J connectivity index is 1.93. The SMILES string of the molecule is CNc1cc(N2CCOc3ccccc3C2)nc(N)n1. The number of rotatable bonds is 2. The van der Waals surface area contributed by atoms with E-state index in [9.17, 15) is 0 Å². The normalized spacial score (nSPS) is 14.2. The van der Waals surface area contributed by atoms with Crippen molar-refractivity contribution in [1.29, 1.82) is 0 Å². The molecule has 0 unspecified atom stereocenters. The number of ether oxygens (including phenoxy) is 1. The lowest BCUT2D eigenvalue weighted by atomic mass is 10.2. The van der Waals surface area contributed by atoms with Gasteiger partial charge in [0.05, 0.1) is 6.54 Å². The second kappa shape index (κ2) is 5.24. The minimum Gasteiger partial charge on any atom is -0.491 e. The molecular formula is C14H17N5O. The predicted molar refractivity (Wildman–Crippen MR) is 79.0 cm³/mol. The van der Waals surface area contributed by atoms with Crippen molar-refractivity contribution in [2.45, 2.75) is 6.54 Å². The molecule has 3 N–H and O–H groups in total. The number of hydrogen-bond donors (Lipinski definition) is 2. The third-order valence-electron chi connectivity index (χ3n) is 3.26. The quantitative estimate of drug-likeness (QED) is 0.862. The Bertz CT molecular complexity index is 616. The zero-order valence-electron chi connectivity index (χ0n) is 11.3. The van der Waals surface area contributed by atoms with E-state index in [0.717, 1.165) is 30.2 Å². The molecule has 0 bridgehead atoms. The molecule has 0 fully saturated rings. The van der Waals surface area contributed by atoms with Gasteiger partial charge in [-0.2, -0.15) is 9.97 Å². The van der Waals surface area contributed by atoms with Crippen molar-refractivity contribution in [3.05, 3.63) is 35.9 Å². The van der Waals surface area contributed by atoms with E-state index in [1.165, 1.54) is 0 Å². The highest BCUT2D eigenvalue weighted by molar-refractivity contribution is 5.53. The average Bonchev–Trinajstić information content (AvgIpc) is 2.68. The van der Waals surface area contributed by atoms with Crippen LogP contribution in [-0.2, 0) is 6.54 Å². The van der Waals surface area contributed by atoms with E-state index in [4.69, 9.17) is 10.5 Å². The number of benzene rings is 1. The fourth-order valence-corrected chi connectivity index (χ4v) is 2.26. The number of fused-ring (bicyclic) bond motifs is 1. The van der Waals surface area contributed by atoms with Crippen molar-refractivity contribution in [2.24, 2.45) is 0 Å². The molecule has 0 saturated carbocycles. The van der Waals surface area contributed by atoms with Gasteiger partial charge in [0.2, 0.25) is 5.95 Å². The Morgan fingerprint density at radius 1 is 1.30 bits per heavy atom. The lowest BCUT2D eigenvalue weighted by Crippen LogP contribution is -2.26. The number of nitrogens with one attached hydrogen (secondary N) is 1. The first kappa shape index (κ1) is 12.5. The Morgan fingerprint density at radius 2 is 2.15 bits per heavy atom. The molecule has 0 saturated heterocycles. The van der Waals surface area contributed by atoms with Crippen LogP contribution in [-0.4, -0.2) is 30.2 Å². The second-order valence-corrected chi connectivity index (χ2v) is 4.60. The summed E-state index contributed by atoms with van der Waals surface area (Å²) < 4.78 is 5.76. The second-order valence-electron chi connectivity index (χ2n) is 4.60. The molecule has 1 aliphatic heterocycles. The molecule has 2 heterocycles. The van der Waals surface area contributed by atoms with E-state index in [2.05, 4.69) is 26.3 Å². The number of nitrogen functional groups attached to an aromatic ring is 1. The first-order valence-corrected chi connectivity index (χ1v) is 6.54. The standard InChI is InChI=1S/C14H17N5O/c1-16-12-8-13(18-14(15)17-12)19-6-7-20-11-5-3-2-4-10(11)9-19/h2-5,8H,6-7,9H2,1H3,(H3,15,16,17,18). The van der Waals surface area contributed by atoms with E-state index in [0.29, 0.717) is 12.4 Å². The number of hydrogen-bond acceptors (Lipinski definition) is 6. The molecule has 1 aliphatic rings. The third kappa shape index (κ3) is 2.45. The highest BCUT2D eigenvalue weighted by atomic mass is 16.5. The summed E-state index contributed by atoms with van der Waals surface area (Å²) in [6.07, 6.45) is 0. The first-order valence-electron chi connectivity index (χ1n) is 6.54. The van der Waals surface area contributed by atoms with Crippen LogP contribution >= 0.6 is 0 Å². The van der Waals surface area contributed by atoms with Crippen LogP contribution in [0.4, 0.5) is 17.6 Å². The van der Waals surface area contributed by atoms with Gasteiger partial charge in [-0.3, -0.25) is 0 Å². The van der Waals surface area contributed by atoms with Gasteiger partial charge in [0.15, 0.2) is 0 Å². The van der Waals surface area contributed by atoms with Gasteiger partial charge >= 0.3 is 0 Å². The molecule has 2 aromatic rings. The van der Waals surface area contributed by atoms with Crippen molar-refractivity contribution in [1.82, 2.24) is 9.97 Å². The lowest BCUT2D eigenvalue weighted by Gasteiger charge is -2.21. The van der Waals surface area contributed by atoms with Gasteiger partial charge in [0.1, 0.15) is 24.0 Å². The third-order valence-corrected chi connectivity index (χ3v) is 3.26. The maximum Gasteiger partial charge on any atom is 0.223 e. The van der Waals surface area contributed by atoms with Crippen molar-refractivity contribution in [3.63, 3.8) is 0 Å². The van der Waals surface area contributed by atoms with Gasteiger partial charge in [0.25, 0.3) is 0 Å². The summed E-state index contributed by atoms with van der Waals surface area (Å²) in [6, 6.07) is 9.95. The van der Waals surface area contributed by atoms with Crippen molar-refractivity contribution >= 4 is 17.6 Å². The maximum absolute atomic E-state index is 5.76. The molecule has 6 nitrogen and oxygen atoms in total. The molecule has 20 heavy (non-hydrogen) atoms. The Morgan fingerprint density at radius 3 is 3.00 bits per heavy atom. The van der Waals surface area contributed by atoms with Gasteiger partial charge < -0.3 is 20.7 Å². The summed E-state index contributed by atoms with van der Waals surface area (Å²) in [5.74, 6) is 2.73. The van der Waals surface area contributed by atoms with Crippen LogP contribution in [0.5, 0.6) is 5.75 Å². The van der Waals surface area contributed by atoms with Crippen LogP contribution in [0.25, 0.3) is 0 Å². The number of nitrogens with zero attached hydrogens (tertiary/aromatic N) is 3. The van der Waals surface area contributed by atoms with Crippen LogP contribution < -0.4 is 20.7 Å². The Hall–Kier alpha value is -2.50. The molecule has 104 valence electrons. The fraction of sp³-hybridized carbons (Fsp3) is 0.286. The van der Waals surface area contributed by atoms with E-state index in [1.807, 2.05) is 31.3 Å². The molecule has 0 spiro atoms. The van der Waals surface area contributed by atoms with Crippen molar-refractivity contribution < 1.29 is 4.74 Å². The summed E-state index contributed by atoms with van der Waals surface area (Å²) in [7, 11) is 1.81. The molecule has 0 atom stereocenters. The first-order chi connectivity index (χ1) is 9.76. The van der Waals surface area contributed by atoms with E-state index >= 15 is 0 Å². The summed E-state index contributed by atoms with van der Waals surface area (Å²) in [5, 5.41) is 2.99. The van der Waals surface area contributed by atoms with Crippen LogP contribution in [0.2, 0.25) is 0 Å². The van der Waals surface area contributed by atoms with Gasteiger partial charge in [-0.05, 0) is 6.07 Å². The number of para-hydroxylation sites is 1.